The lowest BCUT2D eigenvalue weighted by Gasteiger charge is -2.20. The van der Waals surface area contributed by atoms with E-state index in [0.717, 1.165) is 44.9 Å². The lowest BCUT2D eigenvalue weighted by molar-refractivity contribution is -0.161. The fourth-order valence-corrected chi connectivity index (χ4v) is 7.95. The van der Waals surface area contributed by atoms with E-state index in [1.165, 1.54) is 161 Å². The van der Waals surface area contributed by atoms with Crippen molar-refractivity contribution < 1.29 is 47.5 Å². The zero-order valence-corrected chi connectivity index (χ0v) is 40.6. The molecule has 0 amide bonds. The van der Waals surface area contributed by atoms with Gasteiger partial charge in [0, 0.05) is 12.8 Å². The fourth-order valence-electron chi connectivity index (χ4n) is 7.17. The molecule has 0 fully saturated rings. The van der Waals surface area contributed by atoms with Gasteiger partial charge in [-0.3, -0.25) is 23.4 Å². The van der Waals surface area contributed by atoms with Crippen molar-refractivity contribution in [2.24, 2.45) is 5.73 Å². The van der Waals surface area contributed by atoms with Crippen molar-refractivity contribution >= 4 is 25.7 Å². The van der Waals surface area contributed by atoms with Gasteiger partial charge in [-0.15, -0.1) is 0 Å². The maximum absolute atomic E-state index is 12.7. The molecule has 3 unspecified atom stereocenters. The van der Waals surface area contributed by atoms with Crippen LogP contribution >= 0.6 is 7.82 Å². The highest BCUT2D eigenvalue weighted by atomic mass is 31.2. The molecule has 0 aliphatic carbocycles. The average Bonchev–Trinajstić information content (AvgIpc) is 3.25. The number of hydrogen-bond donors (Lipinski definition) is 3. The van der Waals surface area contributed by atoms with Crippen molar-refractivity contribution in [1.82, 2.24) is 0 Å². The molecular weight excluding hydrogens is 806 g/mol. The summed E-state index contributed by atoms with van der Waals surface area (Å²) in [6, 6.07) is -1.52. The Bertz CT molecular complexity index is 1150. The van der Waals surface area contributed by atoms with Gasteiger partial charge in [0.1, 0.15) is 12.6 Å². The maximum atomic E-state index is 12.7. The number of nitrogens with two attached hydrogens (primary N) is 1. The number of aliphatic carboxylic acids is 1. The van der Waals surface area contributed by atoms with Crippen LogP contribution in [0.5, 0.6) is 0 Å². The summed E-state index contributed by atoms with van der Waals surface area (Å²) in [6.45, 7) is 2.83. The highest BCUT2D eigenvalue weighted by Crippen LogP contribution is 2.43. The molecule has 12 heteroatoms. The van der Waals surface area contributed by atoms with Crippen LogP contribution in [0.2, 0.25) is 0 Å². The summed E-state index contributed by atoms with van der Waals surface area (Å²) in [4.78, 5) is 46.1. The van der Waals surface area contributed by atoms with Crippen LogP contribution in [0, 0.1) is 0 Å². The molecular formula is C50H94NO10P. The van der Waals surface area contributed by atoms with E-state index in [1.54, 1.807) is 0 Å². The number of carboxylic acids is 1. The van der Waals surface area contributed by atoms with Crippen LogP contribution in [-0.2, 0) is 37.5 Å². The van der Waals surface area contributed by atoms with Crippen LogP contribution in [0.1, 0.15) is 245 Å². The Hall–Kier alpha value is -2.04. The maximum Gasteiger partial charge on any atom is 0.472 e. The average molecular weight is 900 g/mol. The van der Waals surface area contributed by atoms with Gasteiger partial charge in [-0.25, -0.2) is 4.57 Å². The van der Waals surface area contributed by atoms with Crippen molar-refractivity contribution in [2.75, 3.05) is 19.8 Å². The summed E-state index contributed by atoms with van der Waals surface area (Å²) in [7, 11) is -4.72. The number of carbonyl (C=O) groups excluding carboxylic acids is 2. The van der Waals surface area contributed by atoms with Crippen molar-refractivity contribution in [3.05, 3.63) is 24.3 Å². The molecule has 3 atom stereocenters. The Morgan fingerprint density at radius 1 is 0.484 bits per heavy atom. The molecule has 11 nitrogen and oxygen atoms in total. The monoisotopic (exact) mass is 900 g/mol. The van der Waals surface area contributed by atoms with E-state index in [4.69, 9.17) is 24.8 Å². The molecule has 0 aromatic heterocycles. The summed E-state index contributed by atoms with van der Waals surface area (Å²) in [5.41, 5.74) is 5.35. The number of ether oxygens (including phenoxy) is 2. The summed E-state index contributed by atoms with van der Waals surface area (Å²) >= 11 is 0. The normalized spacial score (nSPS) is 13.7. The zero-order valence-electron chi connectivity index (χ0n) is 39.7. The van der Waals surface area contributed by atoms with E-state index < -0.39 is 51.1 Å². The first kappa shape index (κ1) is 60.0. The number of unbranched alkanes of at least 4 members (excludes halogenated alkanes) is 30. The molecule has 0 heterocycles. The summed E-state index contributed by atoms with van der Waals surface area (Å²) in [6.07, 6.45) is 49.5. The number of hydrogen-bond acceptors (Lipinski definition) is 9. The first-order chi connectivity index (χ1) is 30.1. The molecule has 0 saturated heterocycles. The Morgan fingerprint density at radius 3 is 1.18 bits per heavy atom. The predicted molar refractivity (Wildman–Crippen MR) is 254 cm³/mol. The molecule has 0 aromatic rings. The summed E-state index contributed by atoms with van der Waals surface area (Å²) in [5.74, 6) is -2.37. The molecule has 0 rings (SSSR count). The Labute approximate surface area is 379 Å². The second kappa shape index (κ2) is 45.5. The largest absolute Gasteiger partial charge is 0.480 e. The van der Waals surface area contributed by atoms with Gasteiger partial charge < -0.3 is 25.2 Å². The van der Waals surface area contributed by atoms with Gasteiger partial charge in [0.25, 0.3) is 0 Å². The quantitative estimate of drug-likeness (QED) is 0.0230. The van der Waals surface area contributed by atoms with E-state index >= 15 is 0 Å². The van der Waals surface area contributed by atoms with Crippen LogP contribution in [0.3, 0.4) is 0 Å². The first-order valence-electron chi connectivity index (χ1n) is 25.4. The van der Waals surface area contributed by atoms with E-state index in [2.05, 4.69) is 42.7 Å². The Morgan fingerprint density at radius 2 is 0.806 bits per heavy atom. The molecule has 364 valence electrons. The smallest absolute Gasteiger partial charge is 0.472 e. The van der Waals surface area contributed by atoms with Gasteiger partial charge in [-0.1, -0.05) is 192 Å². The van der Waals surface area contributed by atoms with Crippen LogP contribution in [0.4, 0.5) is 0 Å². The van der Waals surface area contributed by atoms with Crippen molar-refractivity contribution in [1.29, 1.82) is 0 Å². The second-order valence-corrected chi connectivity index (χ2v) is 18.8. The predicted octanol–water partition coefficient (Wildman–Crippen LogP) is 14.2. The second-order valence-electron chi connectivity index (χ2n) is 17.3. The standard InChI is InChI=1S/C50H94NO10P/c1-3-5-7-9-11-13-15-17-19-21-22-23-24-26-28-30-32-34-36-38-40-42-49(53)61-46(44-59-62(56,57)60-45-47(51)50(54)55)43-58-48(52)41-39-37-35-33-31-29-27-25-20-18-16-14-12-10-8-6-4-2/h18,20-22,46-47H,3-17,19,23-45,51H2,1-2H3,(H,54,55)(H,56,57)/b20-18-,22-21-. The van der Waals surface area contributed by atoms with E-state index in [-0.39, 0.29) is 19.4 Å². The molecule has 0 aliphatic rings. The number of carbonyl (C=O) groups is 3. The Kier molecular flexibility index (Phi) is 44.0. The molecule has 0 bridgehead atoms. The number of rotatable bonds is 48. The minimum absolute atomic E-state index is 0.160. The molecule has 4 N–H and O–H groups in total. The molecule has 0 radical (unpaired) electrons. The number of phosphoric acid groups is 1. The summed E-state index contributed by atoms with van der Waals surface area (Å²) < 4.78 is 32.8. The summed E-state index contributed by atoms with van der Waals surface area (Å²) in [5, 5.41) is 8.92. The van der Waals surface area contributed by atoms with Crippen LogP contribution in [-0.4, -0.2) is 59.9 Å². The van der Waals surface area contributed by atoms with Gasteiger partial charge in [-0.05, 0) is 64.2 Å². The molecule has 0 spiro atoms. The molecule has 62 heavy (non-hydrogen) atoms. The topological polar surface area (TPSA) is 172 Å². The lowest BCUT2D eigenvalue weighted by atomic mass is 10.1. The van der Waals surface area contributed by atoms with Crippen molar-refractivity contribution in [3.63, 3.8) is 0 Å². The lowest BCUT2D eigenvalue weighted by Crippen LogP contribution is -2.34. The van der Waals surface area contributed by atoms with Crippen LogP contribution in [0.25, 0.3) is 0 Å². The van der Waals surface area contributed by atoms with Crippen molar-refractivity contribution in [3.8, 4) is 0 Å². The third-order valence-electron chi connectivity index (χ3n) is 11.2. The van der Waals surface area contributed by atoms with Gasteiger partial charge in [0.2, 0.25) is 0 Å². The van der Waals surface area contributed by atoms with Gasteiger partial charge in [-0.2, -0.15) is 0 Å². The first-order valence-corrected chi connectivity index (χ1v) is 26.9. The van der Waals surface area contributed by atoms with E-state index in [9.17, 15) is 23.8 Å². The highest BCUT2D eigenvalue weighted by molar-refractivity contribution is 7.47. The minimum atomic E-state index is -4.72. The third-order valence-corrected chi connectivity index (χ3v) is 12.1. The van der Waals surface area contributed by atoms with Crippen LogP contribution < -0.4 is 5.73 Å². The Balaban J connectivity index is 4.24. The van der Waals surface area contributed by atoms with Gasteiger partial charge in [0.05, 0.1) is 13.2 Å². The zero-order chi connectivity index (χ0) is 45.6. The fraction of sp³-hybridized carbons (Fsp3) is 0.860. The number of carboxylic acid groups (broad SMARTS) is 1. The van der Waals surface area contributed by atoms with E-state index in [0.29, 0.717) is 12.8 Å². The third kappa shape index (κ3) is 44.6. The number of esters is 2. The van der Waals surface area contributed by atoms with Gasteiger partial charge in [0.15, 0.2) is 6.10 Å². The molecule has 0 aromatic carbocycles. The number of allylic oxidation sites excluding steroid dienone is 4. The molecule has 0 saturated carbocycles. The van der Waals surface area contributed by atoms with E-state index in [1.807, 2.05) is 0 Å². The van der Waals surface area contributed by atoms with Gasteiger partial charge >= 0.3 is 25.7 Å². The SMILES string of the molecule is CCCCCCCC/C=C\CCCCCCCCCC(=O)OCC(COP(=O)(O)OCC(N)C(=O)O)OC(=O)CCCCCCCCCCC/C=C\CCCCCCCCCC. The molecule has 0 aliphatic heterocycles. The minimum Gasteiger partial charge on any atom is -0.480 e. The number of phosphoric ester groups is 1. The van der Waals surface area contributed by atoms with Crippen molar-refractivity contribution in [2.45, 2.75) is 257 Å². The highest BCUT2D eigenvalue weighted by Gasteiger charge is 2.28. The van der Waals surface area contributed by atoms with Crippen LogP contribution in [0.15, 0.2) is 24.3 Å².